The van der Waals surface area contributed by atoms with Gasteiger partial charge in [0.25, 0.3) is 6.71 Å². The SMILES string of the molecule is CC(C)(C)c1cc(-c2nc(-c3cc4c5c(c3)-n3c6cc(C(C)(C)C)cc(C(C)(C)C)c6c6cc(C(C)(C)C)cc(c63)B5c3cc(C(C)(C)C)cc5c6c(C(C)(C)C)cc(C(C)(C)C)cc6n-4c35)nc3ccccc23)cc(C(C)(C)C)c1. The predicted octanol–water partition coefficient (Wildman–Crippen LogP) is 18.7. The van der Waals surface area contributed by atoms with Crippen LogP contribution in [-0.4, -0.2) is 25.8 Å². The molecule has 0 atom stereocenters. The topological polar surface area (TPSA) is 35.6 Å². The van der Waals surface area contributed by atoms with Gasteiger partial charge < -0.3 is 9.13 Å². The van der Waals surface area contributed by atoms with Crippen LogP contribution < -0.4 is 16.4 Å². The number of aromatic nitrogens is 4. The Balaban J connectivity index is 1.34. The van der Waals surface area contributed by atoms with Gasteiger partial charge >= 0.3 is 0 Å². The van der Waals surface area contributed by atoms with E-state index >= 15 is 0 Å². The number of benzene rings is 7. The van der Waals surface area contributed by atoms with Gasteiger partial charge in [-0.3, -0.25) is 0 Å². The molecule has 2 aliphatic rings. The number of nitrogens with zero attached hydrogens (tertiary/aromatic N) is 4. The van der Waals surface area contributed by atoms with Crippen molar-refractivity contribution in [3.63, 3.8) is 0 Å². The van der Waals surface area contributed by atoms with Gasteiger partial charge in [-0.25, -0.2) is 9.97 Å². The third-order valence-corrected chi connectivity index (χ3v) is 18.4. The lowest BCUT2D eigenvalue weighted by Crippen LogP contribution is -2.59. The van der Waals surface area contributed by atoms with Gasteiger partial charge in [-0.1, -0.05) is 215 Å². The molecule has 5 heterocycles. The minimum absolute atomic E-state index is 0.0586. The molecule has 4 nitrogen and oxygen atoms in total. The normalized spacial score (nSPS) is 14.4. The molecule has 0 fully saturated rings. The van der Waals surface area contributed by atoms with Crippen LogP contribution in [0.4, 0.5) is 0 Å². The van der Waals surface area contributed by atoms with Gasteiger partial charge in [0.2, 0.25) is 0 Å². The maximum Gasteiger partial charge on any atom is 0.252 e. The first kappa shape index (κ1) is 55.1. The lowest BCUT2D eigenvalue weighted by atomic mass is 9.34. The van der Waals surface area contributed by atoms with E-state index in [0.717, 1.165) is 33.5 Å². The summed E-state index contributed by atoms with van der Waals surface area (Å²) in [5.74, 6) is 0.734. The standard InChI is InChI=1S/C76H89BN4/c1-69(2,3)44-29-42(30-45(33-44)70(4,5)6)65-50-27-25-26-28-57(50)78-68(79-65)43-31-60-64-61(32-43)81-59-41-49(74(16,17)18)37-54(76(22,23)24)63(59)52-35-47(72(10,11)12)39-56(67(52)81)77(64)55-38-46(71(7,8)9)34-51-62-53(75(19,20)21)36-48(73(13,14)15)40-58(62)80(60)66(51)55/h25-41H,1-24H3. The Labute approximate surface area is 485 Å². The van der Waals surface area contributed by atoms with Crippen LogP contribution in [0.3, 0.4) is 0 Å². The van der Waals surface area contributed by atoms with E-state index in [4.69, 9.17) is 9.97 Å². The van der Waals surface area contributed by atoms with E-state index in [1.807, 2.05) is 0 Å². The molecule has 0 bridgehead atoms. The van der Waals surface area contributed by atoms with E-state index in [0.29, 0.717) is 0 Å². The summed E-state index contributed by atoms with van der Waals surface area (Å²) >= 11 is 0. The van der Waals surface area contributed by atoms with Crippen LogP contribution in [0.25, 0.3) is 88.5 Å². The fraction of sp³-hybridized carbons (Fsp3) is 0.421. The van der Waals surface area contributed by atoms with Crippen molar-refractivity contribution in [3.05, 3.63) is 148 Å². The molecule has 0 saturated carbocycles. The highest BCUT2D eigenvalue weighted by molar-refractivity contribution is 7.00. The number of fused-ring (bicyclic) bond motifs is 11. The summed E-state index contributed by atoms with van der Waals surface area (Å²) in [4.78, 5) is 11.5. The van der Waals surface area contributed by atoms with Gasteiger partial charge in [-0.15, -0.1) is 0 Å². The van der Waals surface area contributed by atoms with Crippen molar-refractivity contribution in [3.8, 4) is 34.0 Å². The van der Waals surface area contributed by atoms with Crippen molar-refractivity contribution in [2.75, 3.05) is 0 Å². The minimum atomic E-state index is -0.139. The molecule has 0 spiro atoms. The first-order valence-corrected chi connectivity index (χ1v) is 30.2. The van der Waals surface area contributed by atoms with Crippen LogP contribution in [0.1, 0.15) is 211 Å². The van der Waals surface area contributed by atoms with Crippen LogP contribution >= 0.6 is 0 Å². The highest BCUT2D eigenvalue weighted by Gasteiger charge is 2.44. The summed E-state index contributed by atoms with van der Waals surface area (Å²) in [6, 6.07) is 41.4. The van der Waals surface area contributed by atoms with Gasteiger partial charge in [0.15, 0.2) is 5.82 Å². The zero-order valence-corrected chi connectivity index (χ0v) is 53.7. The molecule has 0 aliphatic carbocycles. The second-order valence-corrected chi connectivity index (χ2v) is 33.0. The van der Waals surface area contributed by atoms with Crippen LogP contribution in [-0.2, 0) is 43.3 Å². The molecule has 0 N–H and O–H groups in total. The molecule has 0 unspecified atom stereocenters. The van der Waals surface area contributed by atoms with Gasteiger partial charge in [0.1, 0.15) is 0 Å². The summed E-state index contributed by atoms with van der Waals surface area (Å²) in [5.41, 5.74) is 25.8. The summed E-state index contributed by atoms with van der Waals surface area (Å²) in [6.07, 6.45) is 0. The number of hydrogen-bond donors (Lipinski definition) is 0. The van der Waals surface area contributed by atoms with Gasteiger partial charge in [-0.2, -0.15) is 0 Å². The van der Waals surface area contributed by atoms with Crippen molar-refractivity contribution in [2.24, 2.45) is 0 Å². The van der Waals surface area contributed by atoms with Crippen molar-refractivity contribution >= 4 is 77.6 Å². The third-order valence-electron chi connectivity index (χ3n) is 18.4. The average Bonchev–Trinajstić information content (AvgIpc) is 2.61. The Morgan fingerprint density at radius 1 is 0.346 bits per heavy atom. The van der Waals surface area contributed by atoms with Crippen LogP contribution in [0, 0.1) is 0 Å². The molecule has 3 aromatic heterocycles. The van der Waals surface area contributed by atoms with Crippen LogP contribution in [0.2, 0.25) is 0 Å². The van der Waals surface area contributed by atoms with Crippen molar-refractivity contribution in [2.45, 2.75) is 209 Å². The lowest BCUT2D eigenvalue weighted by molar-refractivity contribution is 0.569. The molecule has 12 rings (SSSR count). The zero-order valence-electron chi connectivity index (χ0n) is 53.7. The second kappa shape index (κ2) is 17.1. The average molecular weight is 1070 g/mol. The Hall–Kier alpha value is -6.46. The fourth-order valence-electron chi connectivity index (χ4n) is 13.4. The number of rotatable bonds is 2. The molecular weight excluding hydrogens is 980 g/mol. The first-order valence-electron chi connectivity index (χ1n) is 30.2. The maximum atomic E-state index is 5.87. The van der Waals surface area contributed by atoms with Gasteiger partial charge in [-0.05, 0) is 159 Å². The Bertz CT molecular complexity index is 4110. The van der Waals surface area contributed by atoms with Crippen molar-refractivity contribution < 1.29 is 0 Å². The lowest BCUT2D eigenvalue weighted by Gasteiger charge is -2.36. The summed E-state index contributed by atoms with van der Waals surface area (Å²) in [5, 5.41) is 6.45. The van der Waals surface area contributed by atoms with E-state index in [2.05, 4.69) is 278 Å². The van der Waals surface area contributed by atoms with E-state index in [-0.39, 0.29) is 50.0 Å². The molecule has 10 aromatic rings. The maximum absolute atomic E-state index is 5.87. The number of para-hydroxylation sites is 1. The highest BCUT2D eigenvalue weighted by Crippen LogP contribution is 2.49. The first-order chi connectivity index (χ1) is 37.2. The third kappa shape index (κ3) is 8.66. The van der Waals surface area contributed by atoms with Gasteiger partial charge in [0, 0.05) is 60.5 Å². The smallest absolute Gasteiger partial charge is 0.252 e. The molecule has 5 heteroatoms. The molecular formula is C76H89BN4. The monoisotopic (exact) mass is 1070 g/mol. The van der Waals surface area contributed by atoms with E-state index < -0.39 is 0 Å². The molecule has 0 radical (unpaired) electrons. The summed E-state index contributed by atoms with van der Waals surface area (Å²) in [6.45, 7) is 57.0. The summed E-state index contributed by atoms with van der Waals surface area (Å²) < 4.78 is 5.42. The number of hydrogen-bond acceptors (Lipinski definition) is 2. The summed E-state index contributed by atoms with van der Waals surface area (Å²) in [7, 11) is 0. The Morgan fingerprint density at radius 3 is 1.12 bits per heavy atom. The van der Waals surface area contributed by atoms with Crippen molar-refractivity contribution in [1.82, 2.24) is 19.1 Å². The van der Waals surface area contributed by atoms with Crippen LogP contribution in [0.5, 0.6) is 0 Å². The zero-order chi connectivity index (χ0) is 58.8. The van der Waals surface area contributed by atoms with E-state index in [1.54, 1.807) is 0 Å². The largest absolute Gasteiger partial charge is 0.310 e. The van der Waals surface area contributed by atoms with E-state index in [1.165, 1.54) is 116 Å². The highest BCUT2D eigenvalue weighted by atomic mass is 15.0. The molecule has 81 heavy (non-hydrogen) atoms. The fourth-order valence-corrected chi connectivity index (χ4v) is 13.4. The van der Waals surface area contributed by atoms with Crippen molar-refractivity contribution in [1.29, 1.82) is 0 Å². The molecule has 416 valence electrons. The quantitative estimate of drug-likeness (QED) is 0.162. The Kier molecular flexibility index (Phi) is 11.6. The molecule has 0 saturated heterocycles. The molecule has 7 aromatic carbocycles. The predicted molar refractivity (Wildman–Crippen MR) is 353 cm³/mol. The Morgan fingerprint density at radius 2 is 0.728 bits per heavy atom. The second-order valence-electron chi connectivity index (χ2n) is 33.0. The molecule has 2 aliphatic heterocycles. The van der Waals surface area contributed by atoms with E-state index in [9.17, 15) is 0 Å². The van der Waals surface area contributed by atoms with Gasteiger partial charge in [0.05, 0.1) is 22.2 Å². The van der Waals surface area contributed by atoms with Crippen LogP contribution in [0.15, 0.2) is 103 Å². The molecule has 0 amide bonds. The minimum Gasteiger partial charge on any atom is -0.310 e.